The summed E-state index contributed by atoms with van der Waals surface area (Å²) >= 11 is 0. The molecule has 140 valence electrons. The Kier molecular flexibility index (Phi) is 13.2. The quantitative estimate of drug-likeness (QED) is 0.149. The van der Waals surface area contributed by atoms with Crippen molar-refractivity contribution in [2.24, 2.45) is 0 Å². The zero-order valence-electron chi connectivity index (χ0n) is 14.7. The number of methoxy groups -OCH3 is 2. The highest BCUT2D eigenvalue weighted by atomic mass is 31.2. The van der Waals surface area contributed by atoms with Crippen molar-refractivity contribution in [3.63, 3.8) is 0 Å². The van der Waals surface area contributed by atoms with E-state index < -0.39 is 20.7 Å². The van der Waals surface area contributed by atoms with Crippen LogP contribution >= 0.6 is 8.38 Å². The SMILES string of the molecule is [B]/C(=C\P(O)OC)C(COC)OC(COC)N(C=O)/C=C\C(=O)NC. The number of carbonyl (C=O) groups is 2. The molecule has 2 radical (unpaired) electrons. The number of nitrogens with one attached hydrogen (secondary N) is 1. The lowest BCUT2D eigenvalue weighted by Crippen LogP contribution is -2.41. The van der Waals surface area contributed by atoms with Gasteiger partial charge in [0, 0.05) is 40.7 Å². The third kappa shape index (κ3) is 9.69. The van der Waals surface area contributed by atoms with Gasteiger partial charge in [-0.25, -0.2) is 0 Å². The summed E-state index contributed by atoms with van der Waals surface area (Å²) < 4.78 is 20.6. The van der Waals surface area contributed by atoms with Gasteiger partial charge in [0.25, 0.3) is 0 Å². The summed E-state index contributed by atoms with van der Waals surface area (Å²) in [7, 11) is 9.77. The van der Waals surface area contributed by atoms with Crippen LogP contribution in [0, 0.1) is 0 Å². The minimum Gasteiger partial charge on any atom is -0.382 e. The van der Waals surface area contributed by atoms with Gasteiger partial charge in [0.1, 0.15) is 7.85 Å². The van der Waals surface area contributed by atoms with E-state index in [4.69, 9.17) is 26.6 Å². The van der Waals surface area contributed by atoms with Crippen LogP contribution in [0.1, 0.15) is 0 Å². The smallest absolute Gasteiger partial charge is 0.245 e. The molecule has 3 unspecified atom stereocenters. The van der Waals surface area contributed by atoms with Crippen LogP contribution in [0.15, 0.2) is 23.6 Å². The normalized spacial score (nSPS) is 15.6. The highest BCUT2D eigenvalue weighted by molar-refractivity contribution is 7.49. The predicted molar refractivity (Wildman–Crippen MR) is 93.5 cm³/mol. The molecule has 0 fully saturated rings. The minimum absolute atomic E-state index is 0.0164. The minimum atomic E-state index is -1.83. The van der Waals surface area contributed by atoms with Crippen molar-refractivity contribution in [2.45, 2.75) is 12.3 Å². The average molecular weight is 374 g/mol. The predicted octanol–water partition coefficient (Wildman–Crippen LogP) is -0.331. The van der Waals surface area contributed by atoms with Gasteiger partial charge in [-0.15, -0.1) is 0 Å². The average Bonchev–Trinajstić information content (AvgIpc) is 2.61. The molecule has 0 aromatic heterocycles. The van der Waals surface area contributed by atoms with Gasteiger partial charge in [-0.05, 0) is 5.82 Å². The summed E-state index contributed by atoms with van der Waals surface area (Å²) in [6.07, 6.45) is 1.27. The van der Waals surface area contributed by atoms with Crippen molar-refractivity contribution in [2.75, 3.05) is 41.6 Å². The topological polar surface area (TPSA) is 107 Å². The van der Waals surface area contributed by atoms with Crippen molar-refractivity contribution in [1.29, 1.82) is 0 Å². The summed E-state index contributed by atoms with van der Waals surface area (Å²) in [4.78, 5) is 33.3. The first-order valence-corrected chi connectivity index (χ1v) is 8.46. The fourth-order valence-electron chi connectivity index (χ4n) is 1.59. The summed E-state index contributed by atoms with van der Waals surface area (Å²) in [5, 5.41) is 2.39. The standard InChI is InChI=1S/C14H24BN2O7P/c1-16-13(19)5-6-17(10-18)14(8-22-3)24-12(7-21-2)11(15)9-25(20)23-4/h5-6,9-10,12,14,20H,7-8H2,1-4H3,(H,16,19)/b6-5-,11-9-. The van der Waals surface area contributed by atoms with Gasteiger partial charge in [-0.2, -0.15) is 0 Å². The van der Waals surface area contributed by atoms with E-state index in [-0.39, 0.29) is 24.6 Å². The number of amides is 2. The molecule has 0 saturated heterocycles. The zero-order valence-corrected chi connectivity index (χ0v) is 15.6. The molecular weight excluding hydrogens is 350 g/mol. The lowest BCUT2D eigenvalue weighted by atomic mass is 9.92. The van der Waals surface area contributed by atoms with Crippen molar-refractivity contribution >= 4 is 28.5 Å². The number of hydrogen-bond donors (Lipinski definition) is 2. The third-order valence-electron chi connectivity index (χ3n) is 2.87. The maximum absolute atomic E-state index is 11.3. The van der Waals surface area contributed by atoms with Gasteiger partial charge in [-0.3, -0.25) is 14.5 Å². The second kappa shape index (κ2) is 13.9. The van der Waals surface area contributed by atoms with E-state index in [9.17, 15) is 14.5 Å². The maximum atomic E-state index is 11.3. The molecule has 0 aliphatic heterocycles. The van der Waals surface area contributed by atoms with Crippen molar-refractivity contribution in [3.05, 3.63) is 23.6 Å². The fraction of sp³-hybridized carbons (Fsp3) is 0.571. The molecule has 0 aliphatic carbocycles. The van der Waals surface area contributed by atoms with Crippen LogP contribution in [0.5, 0.6) is 0 Å². The first-order valence-electron chi connectivity index (χ1n) is 7.18. The van der Waals surface area contributed by atoms with E-state index in [0.717, 1.165) is 4.90 Å². The first-order chi connectivity index (χ1) is 11.9. The number of nitrogens with zero attached hydrogens (tertiary/aromatic N) is 1. The van der Waals surface area contributed by atoms with Gasteiger partial charge >= 0.3 is 0 Å². The van der Waals surface area contributed by atoms with Crippen LogP contribution in [0.2, 0.25) is 0 Å². The van der Waals surface area contributed by atoms with Crippen LogP contribution in [-0.4, -0.2) is 83.9 Å². The van der Waals surface area contributed by atoms with E-state index in [1.807, 2.05) is 0 Å². The molecule has 0 heterocycles. The Morgan fingerprint density at radius 3 is 2.44 bits per heavy atom. The molecule has 0 aromatic carbocycles. The molecule has 0 bridgehead atoms. The number of hydrogen-bond acceptors (Lipinski definition) is 7. The highest BCUT2D eigenvalue weighted by Gasteiger charge is 2.23. The zero-order chi connectivity index (χ0) is 19.2. The van der Waals surface area contributed by atoms with Gasteiger partial charge in [0.15, 0.2) is 14.6 Å². The van der Waals surface area contributed by atoms with Crippen LogP contribution in [0.3, 0.4) is 0 Å². The molecule has 0 rings (SSSR count). The Labute approximate surface area is 150 Å². The van der Waals surface area contributed by atoms with E-state index in [1.54, 1.807) is 0 Å². The number of likely N-dealkylation sites (N-methyl/N-ethyl adjacent to an activating group) is 1. The lowest BCUT2D eigenvalue weighted by molar-refractivity contribution is -0.141. The fourth-order valence-corrected chi connectivity index (χ4v) is 2.12. The molecule has 3 atom stereocenters. The second-order valence-corrected chi connectivity index (χ2v) is 5.82. The van der Waals surface area contributed by atoms with E-state index in [0.29, 0.717) is 6.41 Å². The second-order valence-electron chi connectivity index (χ2n) is 4.59. The molecule has 25 heavy (non-hydrogen) atoms. The number of carbonyl (C=O) groups excluding carboxylic acids is 2. The molecule has 11 heteroatoms. The van der Waals surface area contributed by atoms with E-state index in [1.165, 1.54) is 46.5 Å². The molecule has 0 spiro atoms. The van der Waals surface area contributed by atoms with E-state index >= 15 is 0 Å². The molecule has 0 aromatic rings. The molecular formula is C14H24BN2O7P. The summed E-state index contributed by atoms with van der Waals surface area (Å²) in [5.74, 6) is 0.927. The highest BCUT2D eigenvalue weighted by Crippen LogP contribution is 2.33. The van der Waals surface area contributed by atoms with Crippen LogP contribution in [-0.2, 0) is 28.3 Å². The Bertz CT molecular complexity index is 464. The Morgan fingerprint density at radius 1 is 1.32 bits per heavy atom. The van der Waals surface area contributed by atoms with E-state index in [2.05, 4.69) is 5.32 Å². The van der Waals surface area contributed by atoms with Crippen LogP contribution < -0.4 is 5.32 Å². The summed E-state index contributed by atoms with van der Waals surface area (Å²) in [6, 6.07) is 0. The molecule has 0 saturated carbocycles. The van der Waals surface area contributed by atoms with Gasteiger partial charge in [0.05, 0.1) is 19.3 Å². The molecule has 2 N–H and O–H groups in total. The van der Waals surface area contributed by atoms with Crippen LogP contribution in [0.4, 0.5) is 0 Å². The van der Waals surface area contributed by atoms with Crippen molar-refractivity contribution in [3.8, 4) is 0 Å². The summed E-state index contributed by atoms with van der Waals surface area (Å²) in [6.45, 7) is 0.0871. The van der Waals surface area contributed by atoms with Crippen LogP contribution in [0.25, 0.3) is 0 Å². The van der Waals surface area contributed by atoms with Gasteiger partial charge in [0.2, 0.25) is 12.3 Å². The molecule has 2 amide bonds. The monoisotopic (exact) mass is 374 g/mol. The van der Waals surface area contributed by atoms with Gasteiger partial charge < -0.3 is 28.9 Å². The largest absolute Gasteiger partial charge is 0.382 e. The van der Waals surface area contributed by atoms with Gasteiger partial charge in [-0.1, -0.05) is 5.47 Å². The Hall–Kier alpha value is -1.29. The number of rotatable bonds is 13. The number of ether oxygens (including phenoxy) is 3. The maximum Gasteiger partial charge on any atom is 0.245 e. The Balaban J connectivity index is 5.30. The third-order valence-corrected chi connectivity index (χ3v) is 3.76. The summed E-state index contributed by atoms with van der Waals surface area (Å²) in [5.41, 5.74) is 0.180. The first kappa shape index (κ1) is 23.7. The van der Waals surface area contributed by atoms with Crippen molar-refractivity contribution in [1.82, 2.24) is 10.2 Å². The molecule has 0 aliphatic rings. The Morgan fingerprint density at radius 2 is 1.96 bits per heavy atom. The van der Waals surface area contributed by atoms with Crippen molar-refractivity contribution < 1.29 is 33.2 Å². The lowest BCUT2D eigenvalue weighted by Gasteiger charge is -2.30. The molecule has 9 nitrogen and oxygen atoms in total.